The molecule has 0 aromatic rings. The van der Waals surface area contributed by atoms with Crippen LogP contribution in [0, 0.1) is 23.7 Å². The lowest BCUT2D eigenvalue weighted by atomic mass is 9.81. The maximum Gasteiger partial charge on any atom is 0.310 e. The number of hydrogen-bond acceptors (Lipinski definition) is 5. The van der Waals surface area contributed by atoms with Crippen molar-refractivity contribution in [3.8, 4) is 0 Å². The van der Waals surface area contributed by atoms with Crippen LogP contribution in [-0.4, -0.2) is 42.3 Å². The number of aliphatic imine (C=N–C) groups is 1. The number of ether oxygens (including phenoxy) is 1. The van der Waals surface area contributed by atoms with Crippen molar-refractivity contribution in [1.29, 1.82) is 0 Å². The lowest BCUT2D eigenvalue weighted by molar-refractivity contribution is -0.148. The van der Waals surface area contributed by atoms with Crippen LogP contribution in [0.25, 0.3) is 0 Å². The molecule has 0 spiro atoms. The van der Waals surface area contributed by atoms with E-state index in [4.69, 9.17) is 4.74 Å². The Morgan fingerprint density at radius 2 is 1.96 bits per heavy atom. The molecule has 6 heteroatoms. The second kappa shape index (κ2) is 11.0. The molecule has 1 aliphatic rings. The standard InChI is InChI=1S/C19H35FN2O2S/c1-7-9-16(18(23)24-8-2)10-21-19-22-11-17(20)14(5)12(3)13(4)15(6)25-19/h12-17H,7-11H2,1-6H3,(H,21,22)/t12-,13-,14+,15-,16?,17?/m1/s1. The van der Waals surface area contributed by atoms with Gasteiger partial charge >= 0.3 is 5.97 Å². The third-order valence-electron chi connectivity index (χ3n) is 5.43. The minimum absolute atomic E-state index is 0.00600. The Morgan fingerprint density at radius 3 is 2.56 bits per heavy atom. The quantitative estimate of drug-likeness (QED) is 0.705. The number of alkyl halides is 1. The second-order valence-corrected chi connectivity index (χ2v) is 8.55. The van der Waals surface area contributed by atoms with Crippen molar-refractivity contribution in [3.63, 3.8) is 0 Å². The highest BCUT2D eigenvalue weighted by molar-refractivity contribution is 8.14. The number of nitrogens with one attached hydrogen (secondary N) is 1. The van der Waals surface area contributed by atoms with Gasteiger partial charge < -0.3 is 10.1 Å². The Labute approximate surface area is 156 Å². The molecule has 0 aromatic heterocycles. The molecule has 0 amide bonds. The van der Waals surface area contributed by atoms with E-state index >= 15 is 0 Å². The molecule has 0 saturated carbocycles. The molecule has 0 fully saturated rings. The number of thioether (sulfide) groups is 1. The van der Waals surface area contributed by atoms with Crippen molar-refractivity contribution >= 4 is 22.9 Å². The molecule has 0 bridgehead atoms. The molecule has 1 N–H and O–H groups in total. The van der Waals surface area contributed by atoms with Crippen LogP contribution in [-0.2, 0) is 9.53 Å². The number of carbonyl (C=O) groups excluding carboxylic acids is 1. The van der Waals surface area contributed by atoms with Crippen molar-refractivity contribution in [2.45, 2.75) is 65.8 Å². The summed E-state index contributed by atoms with van der Waals surface area (Å²) in [6, 6.07) is 0. The van der Waals surface area contributed by atoms with Gasteiger partial charge in [0.15, 0.2) is 5.17 Å². The molecule has 0 radical (unpaired) electrons. The summed E-state index contributed by atoms with van der Waals surface area (Å²) >= 11 is 1.66. The number of nitrogens with zero attached hydrogens (tertiary/aromatic N) is 1. The van der Waals surface area contributed by atoms with E-state index in [-0.39, 0.29) is 24.3 Å². The van der Waals surface area contributed by atoms with Gasteiger partial charge in [-0.15, -0.1) is 0 Å². The minimum Gasteiger partial charge on any atom is -0.466 e. The average Bonchev–Trinajstić information content (AvgIpc) is 2.62. The molecule has 0 aliphatic carbocycles. The SMILES string of the molecule is CCCC(CN/C1=N/CC(F)[C@@H](C)[C@H](C)[C@@H](C)[C@@H](C)S1)C(=O)OCC. The fraction of sp³-hybridized carbons (Fsp3) is 0.895. The summed E-state index contributed by atoms with van der Waals surface area (Å²) in [6.45, 7) is 13.4. The van der Waals surface area contributed by atoms with Crippen LogP contribution in [0.3, 0.4) is 0 Å². The number of carbonyl (C=O) groups is 1. The minimum atomic E-state index is -0.934. The Balaban J connectivity index is 2.78. The molecule has 0 saturated heterocycles. The van der Waals surface area contributed by atoms with Crippen LogP contribution < -0.4 is 5.32 Å². The fourth-order valence-corrected chi connectivity index (χ4v) is 4.24. The van der Waals surface area contributed by atoms with Gasteiger partial charge in [0.25, 0.3) is 0 Å². The zero-order valence-electron chi connectivity index (χ0n) is 16.5. The summed E-state index contributed by atoms with van der Waals surface area (Å²) in [7, 11) is 0. The molecule has 146 valence electrons. The number of hydrogen-bond donors (Lipinski definition) is 1. The maximum atomic E-state index is 14.5. The molecule has 25 heavy (non-hydrogen) atoms. The zero-order chi connectivity index (χ0) is 19.0. The van der Waals surface area contributed by atoms with Crippen LogP contribution in [0.15, 0.2) is 4.99 Å². The lowest BCUT2D eigenvalue weighted by Gasteiger charge is -2.30. The van der Waals surface area contributed by atoms with Gasteiger partial charge in [-0.25, -0.2) is 4.39 Å². The van der Waals surface area contributed by atoms with Crippen molar-refractivity contribution in [1.82, 2.24) is 5.32 Å². The van der Waals surface area contributed by atoms with Crippen LogP contribution in [0.4, 0.5) is 4.39 Å². The average molecular weight is 375 g/mol. The van der Waals surface area contributed by atoms with E-state index in [1.807, 2.05) is 13.8 Å². The predicted octanol–water partition coefficient (Wildman–Crippen LogP) is 4.29. The van der Waals surface area contributed by atoms with Crippen molar-refractivity contribution < 1.29 is 13.9 Å². The Hall–Kier alpha value is -0.780. The number of halogens is 1. The molecule has 0 aromatic carbocycles. The summed E-state index contributed by atoms with van der Waals surface area (Å²) in [4.78, 5) is 16.5. The summed E-state index contributed by atoms with van der Waals surface area (Å²) in [5.74, 6) is 0.331. The monoisotopic (exact) mass is 374 g/mol. The van der Waals surface area contributed by atoms with E-state index in [0.717, 1.165) is 18.0 Å². The van der Waals surface area contributed by atoms with Gasteiger partial charge in [0.1, 0.15) is 6.17 Å². The van der Waals surface area contributed by atoms with Crippen LogP contribution in [0.2, 0.25) is 0 Å². The van der Waals surface area contributed by atoms with E-state index in [9.17, 15) is 9.18 Å². The summed E-state index contributed by atoms with van der Waals surface area (Å²) < 4.78 is 19.6. The highest BCUT2D eigenvalue weighted by Gasteiger charge is 2.31. The first-order chi connectivity index (χ1) is 11.8. The molecule has 1 heterocycles. The van der Waals surface area contributed by atoms with E-state index in [1.165, 1.54) is 0 Å². The molecule has 4 nitrogen and oxygen atoms in total. The van der Waals surface area contributed by atoms with E-state index < -0.39 is 6.17 Å². The van der Waals surface area contributed by atoms with Gasteiger partial charge in [0.2, 0.25) is 0 Å². The van der Waals surface area contributed by atoms with E-state index in [2.05, 4.69) is 38.0 Å². The van der Waals surface area contributed by atoms with Crippen LogP contribution in [0.1, 0.15) is 54.4 Å². The van der Waals surface area contributed by atoms with Crippen molar-refractivity contribution in [2.24, 2.45) is 28.7 Å². The molecule has 1 aliphatic heterocycles. The summed E-state index contributed by atoms with van der Waals surface area (Å²) in [5, 5.41) is 4.37. The topological polar surface area (TPSA) is 50.7 Å². The summed E-state index contributed by atoms with van der Waals surface area (Å²) in [6.07, 6.45) is 0.756. The van der Waals surface area contributed by atoms with Crippen molar-refractivity contribution in [3.05, 3.63) is 0 Å². The molecular formula is C19H35FN2O2S. The first-order valence-corrected chi connectivity index (χ1v) is 10.4. The Bertz CT molecular complexity index is 447. The Morgan fingerprint density at radius 1 is 1.28 bits per heavy atom. The molecular weight excluding hydrogens is 339 g/mol. The van der Waals surface area contributed by atoms with Gasteiger partial charge in [-0.05, 0) is 31.1 Å². The van der Waals surface area contributed by atoms with Gasteiger partial charge in [0, 0.05) is 11.8 Å². The maximum absolute atomic E-state index is 14.5. The molecule has 2 unspecified atom stereocenters. The molecule has 6 atom stereocenters. The lowest BCUT2D eigenvalue weighted by Crippen LogP contribution is -2.34. The highest BCUT2D eigenvalue weighted by atomic mass is 32.2. The second-order valence-electron chi connectivity index (χ2n) is 7.18. The first-order valence-electron chi connectivity index (χ1n) is 9.57. The van der Waals surface area contributed by atoms with Gasteiger partial charge in [-0.1, -0.05) is 52.8 Å². The summed E-state index contributed by atoms with van der Waals surface area (Å²) in [5.41, 5.74) is 0. The smallest absolute Gasteiger partial charge is 0.310 e. The highest BCUT2D eigenvalue weighted by Crippen LogP contribution is 2.34. The normalized spacial score (nSPS) is 34.0. The third kappa shape index (κ3) is 6.80. The van der Waals surface area contributed by atoms with E-state index in [0.29, 0.717) is 30.2 Å². The number of amidine groups is 1. The number of rotatable bonds is 6. The first kappa shape index (κ1) is 22.3. The number of esters is 1. The van der Waals surface area contributed by atoms with Gasteiger partial charge in [-0.2, -0.15) is 0 Å². The largest absolute Gasteiger partial charge is 0.466 e. The third-order valence-corrected chi connectivity index (χ3v) is 6.73. The van der Waals surface area contributed by atoms with E-state index in [1.54, 1.807) is 11.8 Å². The molecule has 1 rings (SSSR count). The van der Waals surface area contributed by atoms with Crippen LogP contribution >= 0.6 is 11.8 Å². The predicted molar refractivity (Wildman–Crippen MR) is 105 cm³/mol. The zero-order valence-corrected chi connectivity index (χ0v) is 17.4. The van der Waals surface area contributed by atoms with Crippen molar-refractivity contribution in [2.75, 3.05) is 19.7 Å². The Kier molecular flexibility index (Phi) is 9.83. The van der Waals surface area contributed by atoms with Crippen LogP contribution in [0.5, 0.6) is 0 Å². The van der Waals surface area contributed by atoms with Gasteiger partial charge in [0.05, 0.1) is 19.1 Å². The van der Waals surface area contributed by atoms with Gasteiger partial charge in [-0.3, -0.25) is 9.79 Å². The fourth-order valence-electron chi connectivity index (χ4n) is 3.11.